The van der Waals surface area contributed by atoms with Crippen molar-refractivity contribution in [1.82, 2.24) is 10.2 Å². The van der Waals surface area contributed by atoms with Crippen LogP contribution in [0.25, 0.3) is 0 Å². The van der Waals surface area contributed by atoms with E-state index >= 15 is 0 Å². The summed E-state index contributed by atoms with van der Waals surface area (Å²) in [7, 11) is 4.04. The SMILES string of the molecule is CC(C)Cc1ccc([C@@H](C)C(=O)NC/C=C\CN(C)C)cc1. The van der Waals surface area contributed by atoms with Crippen LogP contribution >= 0.6 is 0 Å². The maximum atomic E-state index is 12.1. The Morgan fingerprint density at radius 2 is 1.77 bits per heavy atom. The van der Waals surface area contributed by atoms with Gasteiger partial charge in [-0.05, 0) is 44.5 Å². The van der Waals surface area contributed by atoms with Gasteiger partial charge in [0.15, 0.2) is 0 Å². The second kappa shape index (κ2) is 9.42. The first kappa shape index (κ1) is 18.4. The summed E-state index contributed by atoms with van der Waals surface area (Å²) in [5.74, 6) is 0.613. The average molecular weight is 302 g/mol. The molecule has 0 saturated heterocycles. The minimum atomic E-state index is -0.115. The lowest BCUT2D eigenvalue weighted by molar-refractivity contribution is -0.122. The number of hydrogen-bond acceptors (Lipinski definition) is 2. The van der Waals surface area contributed by atoms with Crippen LogP contribution in [-0.4, -0.2) is 38.0 Å². The quantitative estimate of drug-likeness (QED) is 0.748. The van der Waals surface area contributed by atoms with Gasteiger partial charge in [0.2, 0.25) is 5.91 Å². The fourth-order valence-corrected chi connectivity index (χ4v) is 2.25. The normalized spacial score (nSPS) is 13.0. The first-order valence-electron chi connectivity index (χ1n) is 8.06. The summed E-state index contributed by atoms with van der Waals surface area (Å²) in [5.41, 5.74) is 2.40. The second-order valence-electron chi connectivity index (χ2n) is 6.54. The van der Waals surface area contributed by atoms with Crippen LogP contribution in [0.2, 0.25) is 0 Å². The minimum Gasteiger partial charge on any atom is -0.352 e. The third-order valence-electron chi connectivity index (χ3n) is 3.55. The minimum absolute atomic E-state index is 0.0751. The predicted molar refractivity (Wildman–Crippen MR) is 94.1 cm³/mol. The van der Waals surface area contributed by atoms with Gasteiger partial charge in [0, 0.05) is 13.1 Å². The van der Waals surface area contributed by atoms with E-state index in [1.165, 1.54) is 5.56 Å². The Hall–Kier alpha value is -1.61. The number of carbonyl (C=O) groups is 1. The van der Waals surface area contributed by atoms with Crippen molar-refractivity contribution in [2.75, 3.05) is 27.2 Å². The zero-order valence-electron chi connectivity index (χ0n) is 14.6. The number of amides is 1. The van der Waals surface area contributed by atoms with Gasteiger partial charge in [-0.3, -0.25) is 4.79 Å². The molecule has 3 nitrogen and oxygen atoms in total. The van der Waals surface area contributed by atoms with E-state index in [0.717, 1.165) is 18.5 Å². The Kier molecular flexibility index (Phi) is 7.89. The highest BCUT2D eigenvalue weighted by Crippen LogP contribution is 2.17. The van der Waals surface area contributed by atoms with Gasteiger partial charge in [-0.25, -0.2) is 0 Å². The number of likely N-dealkylation sites (N-methyl/N-ethyl adjacent to an activating group) is 1. The molecule has 1 atom stereocenters. The molecule has 0 aliphatic carbocycles. The van der Waals surface area contributed by atoms with Crippen LogP contribution in [0.15, 0.2) is 36.4 Å². The zero-order valence-corrected chi connectivity index (χ0v) is 14.6. The maximum absolute atomic E-state index is 12.1. The van der Waals surface area contributed by atoms with Gasteiger partial charge < -0.3 is 10.2 Å². The van der Waals surface area contributed by atoms with Crippen molar-refractivity contribution in [1.29, 1.82) is 0 Å². The molecule has 0 spiro atoms. The standard InChI is InChI=1S/C19H30N2O/c1-15(2)14-17-8-10-18(11-9-17)16(3)19(22)20-12-6-7-13-21(4)5/h6-11,15-16H,12-14H2,1-5H3,(H,20,22)/b7-6-/t16-/m1/s1. The molecule has 0 heterocycles. The average Bonchev–Trinajstić information content (AvgIpc) is 2.45. The number of rotatable bonds is 8. The Bertz CT molecular complexity index is 475. The van der Waals surface area contributed by atoms with E-state index in [2.05, 4.69) is 54.4 Å². The van der Waals surface area contributed by atoms with E-state index in [1.807, 2.05) is 27.1 Å². The lowest BCUT2D eigenvalue weighted by Gasteiger charge is -2.13. The van der Waals surface area contributed by atoms with Gasteiger partial charge in [0.1, 0.15) is 0 Å². The van der Waals surface area contributed by atoms with Gasteiger partial charge in [0.05, 0.1) is 5.92 Å². The summed E-state index contributed by atoms with van der Waals surface area (Å²) in [4.78, 5) is 14.2. The van der Waals surface area contributed by atoms with Crippen molar-refractivity contribution in [2.45, 2.75) is 33.1 Å². The Morgan fingerprint density at radius 3 is 2.32 bits per heavy atom. The number of carbonyl (C=O) groups excluding carboxylic acids is 1. The molecule has 1 amide bonds. The van der Waals surface area contributed by atoms with Crippen molar-refractivity contribution >= 4 is 5.91 Å². The van der Waals surface area contributed by atoms with Gasteiger partial charge in [-0.2, -0.15) is 0 Å². The smallest absolute Gasteiger partial charge is 0.227 e. The van der Waals surface area contributed by atoms with E-state index in [4.69, 9.17) is 0 Å². The van der Waals surface area contributed by atoms with Crippen molar-refractivity contribution in [3.8, 4) is 0 Å². The molecular formula is C19H30N2O. The van der Waals surface area contributed by atoms with Crippen LogP contribution < -0.4 is 5.32 Å². The van der Waals surface area contributed by atoms with Crippen molar-refractivity contribution in [2.24, 2.45) is 5.92 Å². The van der Waals surface area contributed by atoms with Crippen molar-refractivity contribution < 1.29 is 4.79 Å². The molecule has 0 fully saturated rings. The number of nitrogens with one attached hydrogen (secondary N) is 1. The molecule has 3 heteroatoms. The zero-order chi connectivity index (χ0) is 16.5. The first-order valence-corrected chi connectivity index (χ1v) is 8.06. The fraction of sp³-hybridized carbons (Fsp3) is 0.526. The molecule has 1 aromatic carbocycles. The fourth-order valence-electron chi connectivity index (χ4n) is 2.25. The second-order valence-corrected chi connectivity index (χ2v) is 6.54. The topological polar surface area (TPSA) is 32.3 Å². The molecule has 1 aromatic rings. The molecule has 0 saturated carbocycles. The Balaban J connectivity index is 2.47. The Labute approximate surface area is 135 Å². The molecule has 22 heavy (non-hydrogen) atoms. The van der Waals surface area contributed by atoms with E-state index in [1.54, 1.807) is 0 Å². The summed E-state index contributed by atoms with van der Waals surface area (Å²) >= 11 is 0. The highest BCUT2D eigenvalue weighted by atomic mass is 16.1. The van der Waals surface area contributed by atoms with Crippen LogP contribution in [0, 0.1) is 5.92 Å². The lowest BCUT2D eigenvalue weighted by Crippen LogP contribution is -2.28. The summed E-state index contributed by atoms with van der Waals surface area (Å²) in [6, 6.07) is 8.42. The van der Waals surface area contributed by atoms with Crippen molar-refractivity contribution in [3.63, 3.8) is 0 Å². The predicted octanol–water partition coefficient (Wildman–Crippen LogP) is 3.22. The number of benzene rings is 1. The molecule has 0 bridgehead atoms. The van der Waals surface area contributed by atoms with Crippen LogP contribution in [0.5, 0.6) is 0 Å². The number of nitrogens with zero attached hydrogens (tertiary/aromatic N) is 1. The first-order chi connectivity index (χ1) is 10.4. The summed E-state index contributed by atoms with van der Waals surface area (Å²) < 4.78 is 0. The van der Waals surface area contributed by atoms with Crippen LogP contribution in [0.1, 0.15) is 37.8 Å². The monoisotopic (exact) mass is 302 g/mol. The summed E-state index contributed by atoms with van der Waals surface area (Å²) in [6.45, 7) is 7.86. The molecule has 0 aromatic heterocycles. The van der Waals surface area contributed by atoms with Crippen LogP contribution in [-0.2, 0) is 11.2 Å². The Morgan fingerprint density at radius 1 is 1.14 bits per heavy atom. The highest BCUT2D eigenvalue weighted by Gasteiger charge is 2.14. The van der Waals surface area contributed by atoms with Crippen molar-refractivity contribution in [3.05, 3.63) is 47.5 Å². The molecule has 0 radical (unpaired) electrons. The summed E-state index contributed by atoms with van der Waals surface area (Å²) in [6.07, 6.45) is 5.14. The van der Waals surface area contributed by atoms with Crippen LogP contribution in [0.3, 0.4) is 0 Å². The third-order valence-corrected chi connectivity index (χ3v) is 3.55. The van der Waals surface area contributed by atoms with E-state index in [9.17, 15) is 4.79 Å². The molecule has 1 rings (SSSR count). The molecule has 0 unspecified atom stereocenters. The lowest BCUT2D eigenvalue weighted by atomic mass is 9.96. The maximum Gasteiger partial charge on any atom is 0.227 e. The van der Waals surface area contributed by atoms with E-state index < -0.39 is 0 Å². The number of hydrogen-bond donors (Lipinski definition) is 1. The molecular weight excluding hydrogens is 272 g/mol. The van der Waals surface area contributed by atoms with Gasteiger partial charge in [-0.1, -0.05) is 50.3 Å². The highest BCUT2D eigenvalue weighted by molar-refractivity contribution is 5.83. The largest absolute Gasteiger partial charge is 0.352 e. The van der Waals surface area contributed by atoms with Gasteiger partial charge in [-0.15, -0.1) is 0 Å². The van der Waals surface area contributed by atoms with Gasteiger partial charge in [0.25, 0.3) is 0 Å². The summed E-state index contributed by atoms with van der Waals surface area (Å²) in [5, 5.41) is 2.96. The molecule has 1 N–H and O–H groups in total. The van der Waals surface area contributed by atoms with Gasteiger partial charge >= 0.3 is 0 Å². The molecule has 122 valence electrons. The van der Waals surface area contributed by atoms with Crippen LogP contribution in [0.4, 0.5) is 0 Å². The third kappa shape index (κ3) is 6.90. The van der Waals surface area contributed by atoms with E-state index in [-0.39, 0.29) is 11.8 Å². The van der Waals surface area contributed by atoms with E-state index in [0.29, 0.717) is 12.5 Å². The molecule has 0 aliphatic heterocycles. The molecule has 0 aliphatic rings.